The summed E-state index contributed by atoms with van der Waals surface area (Å²) in [6.07, 6.45) is 1.77. The SMILES string of the molecule is O=[N+]([O-])c1cccc(-c2cccc3ccc4cccnc4c23)c1. The fourth-order valence-electron chi connectivity index (χ4n) is 2.94. The molecule has 0 aliphatic rings. The first-order valence-electron chi connectivity index (χ1n) is 7.25. The summed E-state index contributed by atoms with van der Waals surface area (Å²) in [6, 6.07) is 20.7. The first kappa shape index (κ1) is 13.4. The number of nitro benzene ring substituents is 1. The van der Waals surface area contributed by atoms with E-state index in [1.54, 1.807) is 18.3 Å². The van der Waals surface area contributed by atoms with Crippen molar-refractivity contribution in [2.75, 3.05) is 0 Å². The number of pyridine rings is 1. The topological polar surface area (TPSA) is 56.0 Å². The van der Waals surface area contributed by atoms with Crippen molar-refractivity contribution in [3.63, 3.8) is 0 Å². The van der Waals surface area contributed by atoms with E-state index in [0.29, 0.717) is 0 Å². The van der Waals surface area contributed by atoms with Gasteiger partial charge < -0.3 is 0 Å². The van der Waals surface area contributed by atoms with Gasteiger partial charge in [0.1, 0.15) is 0 Å². The third-order valence-electron chi connectivity index (χ3n) is 3.98. The van der Waals surface area contributed by atoms with Crippen LogP contribution in [0.4, 0.5) is 5.69 Å². The third-order valence-corrected chi connectivity index (χ3v) is 3.98. The van der Waals surface area contributed by atoms with Gasteiger partial charge in [0.25, 0.3) is 5.69 Å². The molecule has 0 radical (unpaired) electrons. The van der Waals surface area contributed by atoms with Gasteiger partial charge in [-0.3, -0.25) is 15.1 Å². The zero-order valence-electron chi connectivity index (χ0n) is 12.1. The smallest absolute Gasteiger partial charge is 0.258 e. The minimum Gasteiger partial charge on any atom is -0.258 e. The highest BCUT2D eigenvalue weighted by Gasteiger charge is 2.11. The van der Waals surface area contributed by atoms with Gasteiger partial charge in [0.2, 0.25) is 0 Å². The van der Waals surface area contributed by atoms with Crippen molar-refractivity contribution in [2.24, 2.45) is 0 Å². The van der Waals surface area contributed by atoms with Crippen LogP contribution in [0.2, 0.25) is 0 Å². The Morgan fingerprint density at radius 1 is 0.870 bits per heavy atom. The molecular formula is C19H12N2O2. The zero-order chi connectivity index (χ0) is 15.8. The van der Waals surface area contributed by atoms with Gasteiger partial charge in [-0.2, -0.15) is 0 Å². The van der Waals surface area contributed by atoms with Gasteiger partial charge in [-0.25, -0.2) is 0 Å². The standard InChI is InChI=1S/C19H12N2O2/c22-21(23)16-7-1-5-15(12-16)17-8-2-4-13-9-10-14-6-3-11-20-19(14)18(13)17/h1-12H. The van der Waals surface area contributed by atoms with E-state index in [9.17, 15) is 10.1 Å². The molecule has 3 aromatic carbocycles. The summed E-state index contributed by atoms with van der Waals surface area (Å²) in [7, 11) is 0. The molecule has 4 nitrogen and oxygen atoms in total. The van der Waals surface area contributed by atoms with Crippen molar-refractivity contribution in [2.45, 2.75) is 0 Å². The van der Waals surface area contributed by atoms with Gasteiger partial charge >= 0.3 is 0 Å². The summed E-state index contributed by atoms with van der Waals surface area (Å²) >= 11 is 0. The lowest BCUT2D eigenvalue weighted by atomic mass is 9.96. The second kappa shape index (κ2) is 5.18. The Hall–Kier alpha value is -3.27. The first-order chi connectivity index (χ1) is 11.2. The van der Waals surface area contributed by atoms with Crippen molar-refractivity contribution in [1.82, 2.24) is 4.98 Å². The second-order valence-corrected chi connectivity index (χ2v) is 5.35. The number of nitrogens with zero attached hydrogens (tertiary/aromatic N) is 2. The molecule has 0 fully saturated rings. The molecule has 0 aliphatic heterocycles. The quantitative estimate of drug-likeness (QED) is 0.298. The first-order valence-corrected chi connectivity index (χ1v) is 7.25. The highest BCUT2D eigenvalue weighted by atomic mass is 16.6. The Morgan fingerprint density at radius 2 is 1.65 bits per heavy atom. The molecule has 4 aromatic rings. The summed E-state index contributed by atoms with van der Waals surface area (Å²) in [5.74, 6) is 0. The van der Waals surface area contributed by atoms with Crippen LogP contribution in [0.5, 0.6) is 0 Å². The summed E-state index contributed by atoms with van der Waals surface area (Å²) < 4.78 is 0. The van der Waals surface area contributed by atoms with E-state index < -0.39 is 0 Å². The molecule has 110 valence electrons. The number of benzene rings is 3. The Balaban J connectivity index is 2.09. The van der Waals surface area contributed by atoms with E-state index in [4.69, 9.17) is 0 Å². The maximum absolute atomic E-state index is 11.1. The van der Waals surface area contributed by atoms with E-state index in [1.165, 1.54) is 6.07 Å². The average molecular weight is 300 g/mol. The minimum absolute atomic E-state index is 0.0905. The lowest BCUT2D eigenvalue weighted by molar-refractivity contribution is -0.384. The van der Waals surface area contributed by atoms with Crippen molar-refractivity contribution >= 4 is 27.4 Å². The van der Waals surface area contributed by atoms with Crippen molar-refractivity contribution in [3.05, 3.63) is 83.0 Å². The molecule has 0 saturated heterocycles. The Morgan fingerprint density at radius 3 is 2.52 bits per heavy atom. The van der Waals surface area contributed by atoms with Gasteiger partial charge in [-0.05, 0) is 22.6 Å². The summed E-state index contributed by atoms with van der Waals surface area (Å²) in [5.41, 5.74) is 2.78. The van der Waals surface area contributed by atoms with Crippen LogP contribution in [0.15, 0.2) is 72.9 Å². The zero-order valence-corrected chi connectivity index (χ0v) is 12.1. The minimum atomic E-state index is -0.370. The largest absolute Gasteiger partial charge is 0.270 e. The molecule has 0 amide bonds. The molecule has 0 atom stereocenters. The fourth-order valence-corrected chi connectivity index (χ4v) is 2.94. The molecule has 0 N–H and O–H groups in total. The lowest BCUT2D eigenvalue weighted by Crippen LogP contribution is -1.89. The summed E-state index contributed by atoms with van der Waals surface area (Å²) in [6.45, 7) is 0. The number of hydrogen-bond donors (Lipinski definition) is 0. The molecule has 4 rings (SSSR count). The van der Waals surface area contributed by atoms with Crippen molar-refractivity contribution < 1.29 is 4.92 Å². The fraction of sp³-hybridized carbons (Fsp3) is 0. The number of nitro groups is 1. The number of hydrogen-bond acceptors (Lipinski definition) is 3. The molecule has 1 aromatic heterocycles. The van der Waals surface area contributed by atoms with Crippen LogP contribution in [-0.2, 0) is 0 Å². The molecule has 0 unspecified atom stereocenters. The number of non-ortho nitro benzene ring substituents is 1. The van der Waals surface area contributed by atoms with Crippen molar-refractivity contribution in [1.29, 1.82) is 0 Å². The molecule has 23 heavy (non-hydrogen) atoms. The molecule has 1 heterocycles. The maximum atomic E-state index is 11.1. The van der Waals surface area contributed by atoms with Gasteiger partial charge in [-0.1, -0.05) is 48.5 Å². The van der Waals surface area contributed by atoms with Crippen LogP contribution in [0.1, 0.15) is 0 Å². The molecule has 0 saturated carbocycles. The molecule has 4 heteroatoms. The molecule has 0 spiro atoms. The Labute approximate surface area is 132 Å². The predicted molar refractivity (Wildman–Crippen MR) is 91.3 cm³/mol. The highest BCUT2D eigenvalue weighted by molar-refractivity contribution is 6.12. The van der Waals surface area contributed by atoms with Crippen LogP contribution >= 0.6 is 0 Å². The van der Waals surface area contributed by atoms with Crippen molar-refractivity contribution in [3.8, 4) is 11.1 Å². The van der Waals surface area contributed by atoms with Crippen LogP contribution in [0, 0.1) is 10.1 Å². The number of aromatic nitrogens is 1. The molecule has 0 aliphatic carbocycles. The summed E-state index contributed by atoms with van der Waals surface area (Å²) in [4.78, 5) is 15.2. The van der Waals surface area contributed by atoms with E-state index in [0.717, 1.165) is 32.8 Å². The van der Waals surface area contributed by atoms with Crippen LogP contribution in [0.3, 0.4) is 0 Å². The Bertz CT molecular complexity index is 1060. The second-order valence-electron chi connectivity index (χ2n) is 5.35. The van der Waals surface area contributed by atoms with Gasteiger partial charge in [-0.15, -0.1) is 0 Å². The predicted octanol–water partition coefficient (Wildman–Crippen LogP) is 4.96. The van der Waals surface area contributed by atoms with E-state index in [2.05, 4.69) is 11.1 Å². The van der Waals surface area contributed by atoms with E-state index >= 15 is 0 Å². The number of rotatable bonds is 2. The lowest BCUT2D eigenvalue weighted by Gasteiger charge is -2.09. The van der Waals surface area contributed by atoms with Crippen LogP contribution < -0.4 is 0 Å². The van der Waals surface area contributed by atoms with E-state index in [1.807, 2.05) is 42.5 Å². The van der Waals surface area contributed by atoms with E-state index in [-0.39, 0.29) is 10.6 Å². The van der Waals surface area contributed by atoms with Gasteiger partial charge in [0.15, 0.2) is 0 Å². The molecule has 0 bridgehead atoms. The third kappa shape index (κ3) is 2.21. The van der Waals surface area contributed by atoms with Gasteiger partial charge in [0, 0.05) is 29.1 Å². The monoisotopic (exact) mass is 300 g/mol. The average Bonchev–Trinajstić information content (AvgIpc) is 2.61. The maximum Gasteiger partial charge on any atom is 0.270 e. The number of fused-ring (bicyclic) bond motifs is 3. The highest BCUT2D eigenvalue weighted by Crippen LogP contribution is 2.34. The molecular weight excluding hydrogens is 288 g/mol. The van der Waals surface area contributed by atoms with Gasteiger partial charge in [0.05, 0.1) is 10.4 Å². The van der Waals surface area contributed by atoms with Crippen LogP contribution in [0.25, 0.3) is 32.8 Å². The Kier molecular flexibility index (Phi) is 3.01. The summed E-state index contributed by atoms with van der Waals surface area (Å²) in [5, 5.41) is 14.2. The van der Waals surface area contributed by atoms with Crippen LogP contribution in [-0.4, -0.2) is 9.91 Å². The normalized spacial score (nSPS) is 11.0.